The number of rotatable bonds is 5. The zero-order chi connectivity index (χ0) is 20.8. The van der Waals surface area contributed by atoms with Crippen LogP contribution in [-0.4, -0.2) is 34.1 Å². The van der Waals surface area contributed by atoms with Crippen molar-refractivity contribution in [3.8, 4) is 11.3 Å². The molecule has 0 amide bonds. The highest BCUT2D eigenvalue weighted by Crippen LogP contribution is 2.32. The SMILES string of the molecule is CC(C)c1cc2[nH]c(=O)n(NS(C)(=O)=O)c(=O)c2cc1-c1ccnn1C(C)C. The van der Waals surface area contributed by atoms with Gasteiger partial charge in [0.25, 0.3) is 5.56 Å². The lowest BCUT2D eigenvalue weighted by Crippen LogP contribution is -2.43. The monoisotopic (exact) mass is 405 g/mol. The molecular formula is C18H23N5O4S. The third-order valence-corrected chi connectivity index (χ3v) is 4.90. The van der Waals surface area contributed by atoms with Crippen molar-refractivity contribution >= 4 is 20.9 Å². The summed E-state index contributed by atoms with van der Waals surface area (Å²) in [7, 11) is -3.80. The first-order chi connectivity index (χ1) is 13.0. The fourth-order valence-corrected chi connectivity index (χ4v) is 3.67. The first-order valence-corrected chi connectivity index (χ1v) is 10.7. The minimum absolute atomic E-state index is 0.111. The number of H-pyrrole nitrogens is 1. The van der Waals surface area contributed by atoms with Crippen LogP contribution in [-0.2, 0) is 10.0 Å². The summed E-state index contributed by atoms with van der Waals surface area (Å²) in [6, 6.07) is 5.42. The van der Waals surface area contributed by atoms with Crippen LogP contribution in [0, 0.1) is 0 Å². The number of sulfonamides is 1. The summed E-state index contributed by atoms with van der Waals surface area (Å²) < 4.78 is 25.4. The number of hydrogen-bond donors (Lipinski definition) is 2. The van der Waals surface area contributed by atoms with Crippen LogP contribution < -0.4 is 16.1 Å². The van der Waals surface area contributed by atoms with Crippen molar-refractivity contribution in [2.45, 2.75) is 39.7 Å². The molecule has 0 saturated carbocycles. The average molecular weight is 405 g/mol. The highest BCUT2D eigenvalue weighted by molar-refractivity contribution is 7.91. The summed E-state index contributed by atoms with van der Waals surface area (Å²) >= 11 is 0. The Hall–Kier alpha value is -2.88. The average Bonchev–Trinajstić information content (AvgIpc) is 3.06. The molecule has 3 rings (SSSR count). The molecule has 0 unspecified atom stereocenters. The number of nitrogens with zero attached hydrogens (tertiary/aromatic N) is 3. The molecule has 0 aliphatic rings. The van der Waals surface area contributed by atoms with Gasteiger partial charge in [0.05, 0.1) is 22.9 Å². The number of aromatic amines is 1. The third-order valence-electron chi connectivity index (χ3n) is 4.38. The van der Waals surface area contributed by atoms with Gasteiger partial charge in [0.1, 0.15) is 0 Å². The highest BCUT2D eigenvalue weighted by atomic mass is 32.2. The van der Waals surface area contributed by atoms with Crippen molar-refractivity contribution in [2.75, 3.05) is 11.1 Å². The Kier molecular flexibility index (Phi) is 4.92. The molecule has 150 valence electrons. The summed E-state index contributed by atoms with van der Waals surface area (Å²) in [5.74, 6) is 0.120. The van der Waals surface area contributed by atoms with Gasteiger partial charge in [-0.15, -0.1) is 0 Å². The van der Waals surface area contributed by atoms with E-state index >= 15 is 0 Å². The molecule has 2 N–H and O–H groups in total. The van der Waals surface area contributed by atoms with Crippen molar-refractivity contribution < 1.29 is 8.42 Å². The molecule has 3 aromatic rings. The lowest BCUT2D eigenvalue weighted by atomic mass is 9.93. The van der Waals surface area contributed by atoms with Gasteiger partial charge in [-0.2, -0.15) is 9.77 Å². The molecular weight excluding hydrogens is 382 g/mol. The van der Waals surface area contributed by atoms with Crippen LogP contribution in [0.1, 0.15) is 45.2 Å². The number of hydrogen-bond acceptors (Lipinski definition) is 5. The first kappa shape index (κ1) is 19.9. The maximum Gasteiger partial charge on any atom is 0.348 e. The van der Waals surface area contributed by atoms with Crippen molar-refractivity contribution in [3.05, 3.63) is 50.8 Å². The summed E-state index contributed by atoms with van der Waals surface area (Å²) in [6.07, 6.45) is 2.57. The fraction of sp³-hybridized carbons (Fsp3) is 0.389. The second-order valence-electron chi connectivity index (χ2n) is 7.33. The molecule has 2 heterocycles. The van der Waals surface area contributed by atoms with E-state index in [0.717, 1.165) is 23.1 Å². The predicted molar refractivity (Wildman–Crippen MR) is 109 cm³/mol. The maximum absolute atomic E-state index is 12.8. The van der Waals surface area contributed by atoms with Gasteiger partial charge in [-0.3, -0.25) is 9.48 Å². The smallest absolute Gasteiger partial charge is 0.305 e. The van der Waals surface area contributed by atoms with Gasteiger partial charge in [0.15, 0.2) is 0 Å². The van der Waals surface area contributed by atoms with Crippen LogP contribution in [0.3, 0.4) is 0 Å². The molecule has 9 nitrogen and oxygen atoms in total. The number of aromatic nitrogens is 4. The van der Waals surface area contributed by atoms with Crippen LogP contribution >= 0.6 is 0 Å². The Morgan fingerprint density at radius 2 is 1.82 bits per heavy atom. The largest absolute Gasteiger partial charge is 0.348 e. The van der Waals surface area contributed by atoms with E-state index in [2.05, 4.69) is 10.1 Å². The van der Waals surface area contributed by atoms with Gasteiger partial charge in [-0.25, -0.2) is 18.0 Å². The Labute approximate surface area is 162 Å². The summed E-state index contributed by atoms with van der Waals surface area (Å²) in [5, 5.41) is 4.56. The third kappa shape index (κ3) is 3.59. The van der Waals surface area contributed by atoms with Crippen LogP contribution in [0.15, 0.2) is 34.0 Å². The lowest BCUT2D eigenvalue weighted by Gasteiger charge is -2.18. The van der Waals surface area contributed by atoms with E-state index in [0.29, 0.717) is 10.2 Å². The molecule has 0 bridgehead atoms. The minimum atomic E-state index is -3.80. The molecule has 10 heteroatoms. The molecule has 0 saturated heterocycles. The molecule has 0 spiro atoms. The molecule has 1 aromatic carbocycles. The van der Waals surface area contributed by atoms with Crippen LogP contribution in [0.2, 0.25) is 0 Å². The van der Waals surface area contributed by atoms with Gasteiger partial charge in [-0.1, -0.05) is 13.8 Å². The Morgan fingerprint density at radius 3 is 2.39 bits per heavy atom. The zero-order valence-electron chi connectivity index (χ0n) is 16.3. The number of nitrogens with one attached hydrogen (secondary N) is 2. The normalized spacial score (nSPS) is 12.2. The van der Waals surface area contributed by atoms with Crippen LogP contribution in [0.25, 0.3) is 22.2 Å². The van der Waals surface area contributed by atoms with Crippen LogP contribution in [0.5, 0.6) is 0 Å². The van der Waals surface area contributed by atoms with E-state index in [1.54, 1.807) is 18.3 Å². The van der Waals surface area contributed by atoms with Crippen molar-refractivity contribution in [1.82, 2.24) is 19.4 Å². The van der Waals surface area contributed by atoms with Gasteiger partial charge < -0.3 is 4.98 Å². The molecule has 0 fully saturated rings. The number of fused-ring (bicyclic) bond motifs is 1. The van der Waals surface area contributed by atoms with Crippen molar-refractivity contribution in [2.24, 2.45) is 0 Å². The highest BCUT2D eigenvalue weighted by Gasteiger charge is 2.19. The van der Waals surface area contributed by atoms with Gasteiger partial charge in [0.2, 0.25) is 10.0 Å². The zero-order valence-corrected chi connectivity index (χ0v) is 17.2. The van der Waals surface area contributed by atoms with E-state index in [4.69, 9.17) is 0 Å². The topological polar surface area (TPSA) is 119 Å². The van der Waals surface area contributed by atoms with Gasteiger partial charge in [0, 0.05) is 17.8 Å². The van der Waals surface area contributed by atoms with E-state index in [9.17, 15) is 18.0 Å². The first-order valence-electron chi connectivity index (χ1n) is 8.84. The quantitative estimate of drug-likeness (QED) is 0.670. The van der Waals surface area contributed by atoms with Crippen molar-refractivity contribution in [3.63, 3.8) is 0 Å². The second-order valence-corrected chi connectivity index (χ2v) is 9.06. The molecule has 0 aliphatic carbocycles. The van der Waals surface area contributed by atoms with E-state index in [-0.39, 0.29) is 17.3 Å². The molecule has 2 aromatic heterocycles. The standard InChI is InChI=1S/C18H23N5O4S/c1-10(2)12-9-15-14(8-13(12)16-6-7-19-22(16)11(3)4)17(24)23(18(25)20-15)21-28(5,26)27/h6-11,21H,1-5H3,(H,20,25). The summed E-state index contributed by atoms with van der Waals surface area (Å²) in [6.45, 7) is 8.05. The molecule has 0 aliphatic heterocycles. The van der Waals surface area contributed by atoms with Crippen molar-refractivity contribution in [1.29, 1.82) is 0 Å². The Balaban J connectivity index is 2.38. The van der Waals surface area contributed by atoms with Crippen LogP contribution in [0.4, 0.5) is 0 Å². The van der Waals surface area contributed by atoms with E-state index in [1.807, 2.05) is 43.3 Å². The van der Waals surface area contributed by atoms with E-state index in [1.165, 1.54) is 0 Å². The minimum Gasteiger partial charge on any atom is -0.305 e. The van der Waals surface area contributed by atoms with Gasteiger partial charge in [-0.05, 0) is 43.5 Å². The predicted octanol–water partition coefficient (Wildman–Crippen LogP) is 1.76. The maximum atomic E-state index is 12.8. The fourth-order valence-electron chi connectivity index (χ4n) is 3.17. The Bertz CT molecular complexity index is 1270. The van der Waals surface area contributed by atoms with Gasteiger partial charge >= 0.3 is 5.69 Å². The Morgan fingerprint density at radius 1 is 1.14 bits per heavy atom. The number of benzene rings is 1. The molecule has 0 atom stereocenters. The lowest BCUT2D eigenvalue weighted by molar-refractivity contribution is 0.538. The summed E-state index contributed by atoms with van der Waals surface area (Å²) in [5.41, 5.74) is 1.36. The van der Waals surface area contributed by atoms with E-state index < -0.39 is 21.3 Å². The molecule has 28 heavy (non-hydrogen) atoms. The second kappa shape index (κ2) is 6.93. The summed E-state index contributed by atoms with van der Waals surface area (Å²) in [4.78, 5) is 29.6. The molecule has 0 radical (unpaired) electrons.